The average molecular weight is 445 g/mol. The van der Waals surface area contributed by atoms with Gasteiger partial charge in [0.2, 0.25) is 5.91 Å². The Labute approximate surface area is 170 Å². The van der Waals surface area contributed by atoms with Gasteiger partial charge in [0.15, 0.2) is 0 Å². The number of halogens is 1. The van der Waals surface area contributed by atoms with Gasteiger partial charge in [-0.1, -0.05) is 23.7 Å². The maximum atomic E-state index is 12.6. The molecule has 1 aromatic carbocycles. The van der Waals surface area contributed by atoms with Crippen LogP contribution in [0.2, 0.25) is 4.34 Å². The fourth-order valence-corrected chi connectivity index (χ4v) is 5.88. The number of carbonyl (C=O) groups is 1. The van der Waals surface area contributed by atoms with Gasteiger partial charge in [-0.3, -0.25) is 19.8 Å². The molecule has 0 atom stereocenters. The Kier molecular flexibility index (Phi) is 6.30. The lowest BCUT2D eigenvalue weighted by Gasteiger charge is -2.33. The minimum Gasteiger partial charge on any atom is -0.319 e. The first kappa shape index (κ1) is 20.7. The van der Waals surface area contributed by atoms with Crippen LogP contribution in [0, 0.1) is 10.1 Å². The highest BCUT2D eigenvalue weighted by Gasteiger charge is 2.30. The van der Waals surface area contributed by atoms with Gasteiger partial charge in [-0.05, 0) is 18.2 Å². The van der Waals surface area contributed by atoms with Crippen molar-refractivity contribution in [3.05, 3.63) is 50.8 Å². The van der Waals surface area contributed by atoms with Crippen molar-refractivity contribution in [3.63, 3.8) is 0 Å². The van der Waals surface area contributed by atoms with Gasteiger partial charge in [0.25, 0.3) is 15.7 Å². The zero-order chi connectivity index (χ0) is 20.3. The standard InChI is InChI=1S/C16H17ClN4O5S2/c17-14-5-6-16(27-14)28(25,26)20-9-7-19(8-10-20)11-15(22)18-12-3-1-2-4-13(12)21(23)24/h1-6H,7-11H2,(H,18,22). The van der Waals surface area contributed by atoms with Gasteiger partial charge in [0.05, 0.1) is 15.8 Å². The minimum atomic E-state index is -3.59. The van der Waals surface area contributed by atoms with E-state index in [0.29, 0.717) is 17.4 Å². The smallest absolute Gasteiger partial charge is 0.292 e. The number of sulfonamides is 1. The van der Waals surface area contributed by atoms with E-state index in [1.54, 1.807) is 17.0 Å². The van der Waals surface area contributed by atoms with Crippen molar-refractivity contribution in [2.75, 3.05) is 38.0 Å². The molecule has 150 valence electrons. The summed E-state index contributed by atoms with van der Waals surface area (Å²) in [5.74, 6) is -0.393. The van der Waals surface area contributed by atoms with Crippen LogP contribution in [-0.4, -0.2) is 61.2 Å². The monoisotopic (exact) mass is 444 g/mol. The maximum Gasteiger partial charge on any atom is 0.292 e. The molecule has 1 aliphatic heterocycles. The summed E-state index contributed by atoms with van der Waals surface area (Å²) in [5, 5.41) is 13.6. The molecule has 1 amide bonds. The average Bonchev–Trinajstić information content (AvgIpc) is 3.09. The van der Waals surface area contributed by atoms with E-state index in [1.807, 2.05) is 0 Å². The van der Waals surface area contributed by atoms with Crippen LogP contribution in [0.1, 0.15) is 0 Å². The van der Waals surface area contributed by atoms with Crippen LogP contribution in [0.3, 0.4) is 0 Å². The topological polar surface area (TPSA) is 113 Å². The highest BCUT2D eigenvalue weighted by Crippen LogP contribution is 2.28. The molecule has 0 aliphatic carbocycles. The second-order valence-corrected chi connectivity index (χ2v) is 9.94. The highest BCUT2D eigenvalue weighted by molar-refractivity contribution is 7.91. The van der Waals surface area contributed by atoms with Crippen LogP contribution in [-0.2, 0) is 14.8 Å². The SMILES string of the molecule is O=C(CN1CCN(S(=O)(=O)c2ccc(Cl)s2)CC1)Nc1ccccc1[N+](=O)[O-]. The molecule has 1 saturated heterocycles. The van der Waals surface area contributed by atoms with Crippen LogP contribution >= 0.6 is 22.9 Å². The van der Waals surface area contributed by atoms with Crippen molar-refractivity contribution in [2.24, 2.45) is 0 Å². The highest BCUT2D eigenvalue weighted by atomic mass is 35.5. The number of hydrogen-bond donors (Lipinski definition) is 1. The summed E-state index contributed by atoms with van der Waals surface area (Å²) in [6, 6.07) is 8.93. The molecule has 28 heavy (non-hydrogen) atoms. The molecule has 2 aromatic rings. The molecule has 9 nitrogen and oxygen atoms in total. The van der Waals surface area contributed by atoms with E-state index >= 15 is 0 Å². The third-order valence-corrected chi connectivity index (χ3v) is 7.81. The Morgan fingerprint density at radius 2 is 1.86 bits per heavy atom. The Morgan fingerprint density at radius 3 is 2.46 bits per heavy atom. The molecule has 0 spiro atoms. The minimum absolute atomic E-state index is 0.0186. The molecular formula is C16H17ClN4O5S2. The van der Waals surface area contributed by atoms with Crippen molar-refractivity contribution >= 4 is 50.2 Å². The molecule has 12 heteroatoms. The van der Waals surface area contributed by atoms with Crippen LogP contribution < -0.4 is 5.32 Å². The molecule has 0 saturated carbocycles. The molecule has 1 fully saturated rings. The lowest BCUT2D eigenvalue weighted by atomic mass is 10.2. The zero-order valence-electron chi connectivity index (χ0n) is 14.6. The molecule has 3 rings (SSSR count). The predicted molar refractivity (Wildman–Crippen MR) is 106 cm³/mol. The van der Waals surface area contributed by atoms with E-state index in [-0.39, 0.29) is 35.2 Å². The number of carbonyl (C=O) groups excluding carboxylic acids is 1. The normalized spacial score (nSPS) is 16.0. The number of amides is 1. The number of anilines is 1. The Hall–Kier alpha value is -2.05. The largest absolute Gasteiger partial charge is 0.319 e. The van der Waals surface area contributed by atoms with Crippen LogP contribution in [0.4, 0.5) is 11.4 Å². The van der Waals surface area contributed by atoms with Crippen molar-refractivity contribution < 1.29 is 18.1 Å². The second kappa shape index (κ2) is 8.53. The van der Waals surface area contributed by atoms with Gasteiger partial charge in [-0.25, -0.2) is 8.42 Å². The Balaban J connectivity index is 1.56. The number of nitro benzene ring substituents is 1. The molecule has 0 unspecified atom stereocenters. The number of nitro groups is 1. The summed E-state index contributed by atoms with van der Waals surface area (Å²) in [4.78, 5) is 24.5. The second-order valence-electron chi connectivity index (χ2n) is 6.06. The summed E-state index contributed by atoms with van der Waals surface area (Å²) < 4.78 is 27.1. The Bertz CT molecular complexity index is 986. The number of hydrogen-bond acceptors (Lipinski definition) is 7. The molecular weight excluding hydrogens is 428 g/mol. The van der Waals surface area contributed by atoms with Crippen molar-refractivity contribution in [1.29, 1.82) is 0 Å². The first-order valence-electron chi connectivity index (χ1n) is 8.28. The van der Waals surface area contributed by atoms with Crippen LogP contribution in [0.5, 0.6) is 0 Å². The molecule has 1 N–H and O–H groups in total. The summed E-state index contributed by atoms with van der Waals surface area (Å²) in [5.41, 5.74) is -0.0466. The third-order valence-electron chi connectivity index (χ3n) is 4.22. The number of para-hydroxylation sites is 2. The fraction of sp³-hybridized carbons (Fsp3) is 0.312. The summed E-state index contributed by atoms with van der Waals surface area (Å²) in [6.45, 7) is 1.27. The van der Waals surface area contributed by atoms with Gasteiger partial charge < -0.3 is 5.32 Å². The zero-order valence-corrected chi connectivity index (χ0v) is 17.0. The van der Waals surface area contributed by atoms with Gasteiger partial charge in [0.1, 0.15) is 9.90 Å². The Morgan fingerprint density at radius 1 is 1.18 bits per heavy atom. The molecule has 0 bridgehead atoms. The van der Waals surface area contributed by atoms with E-state index in [9.17, 15) is 23.3 Å². The quantitative estimate of drug-likeness (QED) is 0.540. The molecule has 1 aliphatic rings. The molecule has 2 heterocycles. The molecule has 1 aromatic heterocycles. The van der Waals surface area contributed by atoms with Gasteiger partial charge in [0, 0.05) is 32.2 Å². The third kappa shape index (κ3) is 4.67. The van der Waals surface area contributed by atoms with E-state index in [0.717, 1.165) is 11.3 Å². The van der Waals surface area contributed by atoms with Crippen molar-refractivity contribution in [3.8, 4) is 0 Å². The maximum absolute atomic E-state index is 12.6. The van der Waals surface area contributed by atoms with E-state index in [4.69, 9.17) is 11.6 Å². The number of benzene rings is 1. The summed E-state index contributed by atoms with van der Waals surface area (Å²) in [6.07, 6.45) is 0. The number of piperazine rings is 1. The van der Waals surface area contributed by atoms with E-state index in [1.165, 1.54) is 28.6 Å². The van der Waals surface area contributed by atoms with Crippen molar-refractivity contribution in [2.45, 2.75) is 4.21 Å². The predicted octanol–water partition coefficient (Wildman–Crippen LogP) is 2.25. The lowest BCUT2D eigenvalue weighted by Crippen LogP contribution is -2.50. The van der Waals surface area contributed by atoms with Gasteiger partial charge in [-0.15, -0.1) is 11.3 Å². The first-order chi connectivity index (χ1) is 13.3. The van der Waals surface area contributed by atoms with E-state index in [2.05, 4.69) is 5.32 Å². The van der Waals surface area contributed by atoms with Gasteiger partial charge in [-0.2, -0.15) is 4.31 Å². The number of nitrogens with zero attached hydrogens (tertiary/aromatic N) is 3. The number of thiophene rings is 1. The lowest BCUT2D eigenvalue weighted by molar-refractivity contribution is -0.383. The van der Waals surface area contributed by atoms with Crippen molar-refractivity contribution in [1.82, 2.24) is 9.21 Å². The number of nitrogens with one attached hydrogen (secondary N) is 1. The molecule has 0 radical (unpaired) electrons. The number of rotatable bonds is 6. The van der Waals surface area contributed by atoms with E-state index < -0.39 is 20.9 Å². The van der Waals surface area contributed by atoms with Crippen LogP contribution in [0.15, 0.2) is 40.6 Å². The summed E-state index contributed by atoms with van der Waals surface area (Å²) in [7, 11) is -3.59. The first-order valence-corrected chi connectivity index (χ1v) is 10.9. The van der Waals surface area contributed by atoms with Crippen LogP contribution in [0.25, 0.3) is 0 Å². The van der Waals surface area contributed by atoms with Gasteiger partial charge >= 0.3 is 0 Å². The fourth-order valence-electron chi connectivity index (χ4n) is 2.82. The summed E-state index contributed by atoms with van der Waals surface area (Å²) >= 11 is 6.83.